The number of primary amides is 1. The van der Waals surface area contributed by atoms with Gasteiger partial charge in [-0.3, -0.25) is 19.4 Å². The molecule has 3 aliphatic rings. The van der Waals surface area contributed by atoms with E-state index in [9.17, 15) is 24.3 Å². The van der Waals surface area contributed by atoms with Gasteiger partial charge in [-0.15, -0.1) is 0 Å². The van der Waals surface area contributed by atoms with Crippen LogP contribution in [0.25, 0.3) is 0 Å². The van der Waals surface area contributed by atoms with Gasteiger partial charge in [-0.1, -0.05) is 38.2 Å². The molecule has 0 unspecified atom stereocenters. The average molecular weight is 686 g/mol. The van der Waals surface area contributed by atoms with Crippen LogP contribution < -0.4 is 11.1 Å². The standard InChI is InChI=1S/C35H51N5O9/c1-20-16-24-30(42)28(25(31(43)33(24)48-8)19-37-40-14-12-39(5)13-15-40)38-34(44)21(2)10-9-11-26(46-6)32(49-35(36)45)23(4)18-22(3)29(41)27(17-20)47-7/h9-11,18-20,22,26-27,29,32,41H,12-17H2,1-8H3,(H2,36,45)(H,38,44)/b11-9-,21-10+,23-18+,37-19+/t20-,22-,26+,27-,29+,32-/m0/s1. The lowest BCUT2D eigenvalue weighted by Gasteiger charge is -2.30. The number of carbonyl (C=O) groups excluding carboxylic acids is 4. The summed E-state index contributed by atoms with van der Waals surface area (Å²) >= 11 is 0. The van der Waals surface area contributed by atoms with Gasteiger partial charge in [-0.2, -0.15) is 5.10 Å². The summed E-state index contributed by atoms with van der Waals surface area (Å²) < 4.78 is 22.2. The molecule has 3 rings (SSSR count). The summed E-state index contributed by atoms with van der Waals surface area (Å²) in [5.74, 6) is -2.63. The second-order valence-electron chi connectivity index (χ2n) is 12.8. The van der Waals surface area contributed by atoms with Crippen molar-refractivity contribution < 1.29 is 43.2 Å². The number of allylic oxidation sites excluding steroid dienone is 4. The molecule has 1 saturated heterocycles. The first kappa shape index (κ1) is 39.3. The normalized spacial score (nSPS) is 31.6. The number of carbonyl (C=O) groups is 4. The van der Waals surface area contributed by atoms with E-state index in [4.69, 9.17) is 24.7 Å². The smallest absolute Gasteiger partial charge is 0.405 e. The van der Waals surface area contributed by atoms with Crippen LogP contribution in [0, 0.1) is 11.8 Å². The molecule has 0 aromatic rings. The quantitative estimate of drug-likeness (QED) is 0.211. The fraction of sp³-hybridized carbons (Fsp3) is 0.571. The second kappa shape index (κ2) is 18.0. The summed E-state index contributed by atoms with van der Waals surface area (Å²) in [5.41, 5.74) is 5.99. The van der Waals surface area contributed by atoms with Gasteiger partial charge in [-0.25, -0.2) is 4.79 Å². The number of ether oxygens (including phenoxy) is 4. The van der Waals surface area contributed by atoms with Crippen molar-refractivity contribution in [3.05, 3.63) is 58.1 Å². The van der Waals surface area contributed by atoms with E-state index in [0.717, 1.165) is 13.1 Å². The van der Waals surface area contributed by atoms with Gasteiger partial charge >= 0.3 is 6.09 Å². The van der Waals surface area contributed by atoms with Crippen molar-refractivity contribution in [1.29, 1.82) is 0 Å². The predicted molar refractivity (Wildman–Crippen MR) is 183 cm³/mol. The maximum atomic E-state index is 14.2. The molecule has 2 heterocycles. The van der Waals surface area contributed by atoms with Gasteiger partial charge in [0.15, 0.2) is 11.9 Å². The number of nitrogens with one attached hydrogen (secondary N) is 1. The first-order valence-electron chi connectivity index (χ1n) is 16.3. The predicted octanol–water partition coefficient (Wildman–Crippen LogP) is 2.01. The third-order valence-electron chi connectivity index (χ3n) is 8.97. The Bertz CT molecular complexity index is 1440. The van der Waals surface area contributed by atoms with E-state index >= 15 is 0 Å². The van der Waals surface area contributed by atoms with Crippen molar-refractivity contribution >= 4 is 29.8 Å². The Morgan fingerprint density at radius 2 is 1.73 bits per heavy atom. The molecule has 6 atom stereocenters. The maximum Gasteiger partial charge on any atom is 0.405 e. The van der Waals surface area contributed by atoms with Crippen molar-refractivity contribution in [2.45, 2.75) is 65.0 Å². The minimum Gasteiger partial charge on any atom is -0.492 e. The number of likely N-dealkylation sites (N-methyl/N-ethyl adjacent to an activating group) is 1. The minimum absolute atomic E-state index is 0.0915. The summed E-state index contributed by atoms with van der Waals surface area (Å²) in [6.45, 7) is 9.76. The SMILES string of the molecule is COC1=C2C[C@H](C)C[C@H](OC)[C@H](O)[C@@H](C)/C=C(\C)[C@H](OC(N)=O)[C@H](OC)/C=C\C=C(/C)C(=O)NC(=C(/C=N/N3CCN(C)CC3)C1=O)C2=O. The monoisotopic (exact) mass is 685 g/mol. The summed E-state index contributed by atoms with van der Waals surface area (Å²) in [4.78, 5) is 55.6. The summed E-state index contributed by atoms with van der Waals surface area (Å²) in [6.07, 6.45) is 3.71. The third-order valence-corrected chi connectivity index (χ3v) is 8.97. The molecular formula is C35H51N5O9. The second-order valence-corrected chi connectivity index (χ2v) is 12.8. The molecule has 0 aromatic carbocycles. The maximum absolute atomic E-state index is 14.2. The largest absolute Gasteiger partial charge is 0.492 e. The van der Waals surface area contributed by atoms with Crippen molar-refractivity contribution in [2.75, 3.05) is 54.6 Å². The fourth-order valence-corrected chi connectivity index (χ4v) is 6.04. The van der Waals surface area contributed by atoms with Gasteiger partial charge in [0.25, 0.3) is 5.91 Å². The number of methoxy groups -OCH3 is 3. The Labute approximate surface area is 288 Å². The Hall–Kier alpha value is -4.11. The molecule has 1 fully saturated rings. The van der Waals surface area contributed by atoms with Crippen LogP contribution in [0.4, 0.5) is 4.79 Å². The number of nitrogens with zero attached hydrogens (tertiary/aromatic N) is 3. The molecule has 0 saturated carbocycles. The van der Waals surface area contributed by atoms with Gasteiger partial charge < -0.3 is 40.0 Å². The number of aliphatic hydroxyl groups is 1. The number of fused-ring (bicyclic) bond motifs is 2. The number of aliphatic hydroxyl groups excluding tert-OH is 1. The number of piperazine rings is 1. The van der Waals surface area contributed by atoms with E-state index in [2.05, 4.69) is 15.3 Å². The molecule has 2 bridgehead atoms. The molecule has 0 aromatic heterocycles. The van der Waals surface area contributed by atoms with E-state index in [1.165, 1.54) is 33.6 Å². The number of nitrogens with two attached hydrogens (primary N) is 1. The number of Topliss-reactive ketones (excluding diaryl/α,β-unsaturated/α-hetero) is 2. The molecule has 2 amide bonds. The number of ketones is 2. The lowest BCUT2D eigenvalue weighted by molar-refractivity contribution is -0.121. The molecule has 14 nitrogen and oxygen atoms in total. The minimum atomic E-state index is -1.01. The Balaban J connectivity index is 2.14. The van der Waals surface area contributed by atoms with Crippen molar-refractivity contribution in [2.24, 2.45) is 22.7 Å². The lowest BCUT2D eigenvalue weighted by Crippen LogP contribution is -2.42. The molecule has 4 N–H and O–H groups in total. The summed E-state index contributed by atoms with van der Waals surface area (Å²) in [6, 6.07) is 0. The molecule has 1 aliphatic carbocycles. The summed E-state index contributed by atoms with van der Waals surface area (Å²) in [7, 11) is 6.25. The van der Waals surface area contributed by atoms with Gasteiger partial charge in [0.05, 0.1) is 31.1 Å². The zero-order chi connectivity index (χ0) is 36.4. The van der Waals surface area contributed by atoms with Gasteiger partial charge in [-0.05, 0) is 45.2 Å². The lowest BCUT2D eigenvalue weighted by atomic mass is 9.84. The third kappa shape index (κ3) is 10.2. The van der Waals surface area contributed by atoms with Crippen LogP contribution in [0.1, 0.15) is 40.5 Å². The van der Waals surface area contributed by atoms with E-state index in [0.29, 0.717) is 25.1 Å². The van der Waals surface area contributed by atoms with Crippen LogP contribution in [-0.4, -0.2) is 124 Å². The van der Waals surface area contributed by atoms with Crippen molar-refractivity contribution in [1.82, 2.24) is 15.2 Å². The molecular weight excluding hydrogens is 634 g/mol. The first-order chi connectivity index (χ1) is 23.2. The van der Waals surface area contributed by atoms with E-state index in [1.807, 2.05) is 14.0 Å². The Morgan fingerprint density at radius 3 is 2.33 bits per heavy atom. The van der Waals surface area contributed by atoms with Crippen LogP contribution in [0.15, 0.2) is 63.2 Å². The van der Waals surface area contributed by atoms with Gasteiger partial charge in [0.1, 0.15) is 11.8 Å². The summed E-state index contributed by atoms with van der Waals surface area (Å²) in [5, 5.41) is 20.3. The van der Waals surface area contributed by atoms with Gasteiger partial charge in [0, 0.05) is 57.5 Å². The molecule has 0 spiro atoms. The first-order valence-corrected chi connectivity index (χ1v) is 16.3. The number of hydrogen-bond acceptors (Lipinski definition) is 12. The average Bonchev–Trinajstić information content (AvgIpc) is 3.06. The van der Waals surface area contributed by atoms with Crippen LogP contribution in [0.3, 0.4) is 0 Å². The number of hydrogen-bond donors (Lipinski definition) is 3. The topological polar surface area (TPSA) is 182 Å². The Morgan fingerprint density at radius 1 is 1.06 bits per heavy atom. The Kier molecular flexibility index (Phi) is 14.5. The zero-order valence-electron chi connectivity index (χ0n) is 29.7. The molecule has 0 radical (unpaired) electrons. The number of hydrazone groups is 1. The van der Waals surface area contributed by atoms with Crippen LogP contribution in [0.2, 0.25) is 0 Å². The molecule has 49 heavy (non-hydrogen) atoms. The van der Waals surface area contributed by atoms with Crippen LogP contribution in [0.5, 0.6) is 0 Å². The van der Waals surface area contributed by atoms with E-state index < -0.39 is 53.9 Å². The molecule has 270 valence electrons. The highest BCUT2D eigenvalue weighted by Crippen LogP contribution is 2.31. The number of amides is 2. The van der Waals surface area contributed by atoms with E-state index in [-0.39, 0.29) is 40.5 Å². The van der Waals surface area contributed by atoms with Crippen LogP contribution >= 0.6 is 0 Å². The van der Waals surface area contributed by atoms with Crippen LogP contribution in [-0.2, 0) is 33.3 Å². The highest BCUT2D eigenvalue weighted by atomic mass is 16.6. The van der Waals surface area contributed by atoms with Crippen molar-refractivity contribution in [3.63, 3.8) is 0 Å². The fourth-order valence-electron chi connectivity index (χ4n) is 6.04. The van der Waals surface area contributed by atoms with Crippen molar-refractivity contribution in [3.8, 4) is 0 Å². The molecule has 14 heteroatoms. The molecule has 2 aliphatic heterocycles. The zero-order valence-corrected chi connectivity index (χ0v) is 29.7. The number of rotatable bonds is 6. The van der Waals surface area contributed by atoms with E-state index in [1.54, 1.807) is 44.0 Å². The highest BCUT2D eigenvalue weighted by molar-refractivity contribution is 6.32. The highest BCUT2D eigenvalue weighted by Gasteiger charge is 2.38. The van der Waals surface area contributed by atoms with Gasteiger partial charge in [0.2, 0.25) is 11.6 Å².